The first-order chi connectivity index (χ1) is 14.4. The van der Waals surface area contributed by atoms with E-state index in [-0.39, 0.29) is 18.1 Å². The van der Waals surface area contributed by atoms with E-state index < -0.39 is 5.97 Å². The smallest absolute Gasteiger partial charge is 0.348 e. The Hall–Kier alpha value is -3.59. The van der Waals surface area contributed by atoms with Crippen LogP contribution in [0.2, 0.25) is 0 Å². The molecule has 152 valence electrons. The number of carbonyl (C=O) groups excluding carboxylic acids is 2. The molecule has 8 nitrogen and oxygen atoms in total. The second kappa shape index (κ2) is 7.68. The molecule has 4 aromatic rings. The molecule has 3 aromatic heterocycles. The molecular formula is C21H18N4O4S. The predicted octanol–water partition coefficient (Wildman–Crippen LogP) is 3.44. The van der Waals surface area contributed by atoms with E-state index in [2.05, 4.69) is 10.1 Å². The van der Waals surface area contributed by atoms with Gasteiger partial charge in [-0.15, -0.1) is 11.3 Å². The van der Waals surface area contributed by atoms with Crippen molar-refractivity contribution in [2.24, 2.45) is 5.10 Å². The number of benzene rings is 1. The Morgan fingerprint density at radius 2 is 2.07 bits per heavy atom. The number of ether oxygens (including phenoxy) is 1. The topological polar surface area (TPSA) is 95.5 Å². The minimum atomic E-state index is -0.468. The van der Waals surface area contributed by atoms with Crippen molar-refractivity contribution in [3.8, 4) is 0 Å². The molecule has 0 aliphatic carbocycles. The molecule has 30 heavy (non-hydrogen) atoms. The summed E-state index contributed by atoms with van der Waals surface area (Å²) in [4.78, 5) is 42.1. The Balaban J connectivity index is 1.79. The molecular weight excluding hydrogens is 404 g/mol. The van der Waals surface area contributed by atoms with E-state index in [1.54, 1.807) is 20.0 Å². The third kappa shape index (κ3) is 3.22. The molecule has 0 radical (unpaired) electrons. The molecule has 0 saturated carbocycles. The number of esters is 1. The zero-order valence-electron chi connectivity index (χ0n) is 16.6. The van der Waals surface area contributed by atoms with Gasteiger partial charge in [0.1, 0.15) is 16.0 Å². The van der Waals surface area contributed by atoms with E-state index in [0.29, 0.717) is 26.2 Å². The number of aromatic nitrogens is 3. The van der Waals surface area contributed by atoms with Gasteiger partial charge in [0.2, 0.25) is 5.91 Å². The summed E-state index contributed by atoms with van der Waals surface area (Å²) in [5.41, 5.74) is 1.61. The molecule has 0 amide bonds. The number of fused-ring (bicyclic) bond motifs is 2. The van der Waals surface area contributed by atoms with Crippen LogP contribution in [0.4, 0.5) is 0 Å². The number of aryl methyl sites for hydroxylation is 1. The average Bonchev–Trinajstić information content (AvgIpc) is 3.26. The molecule has 3 heterocycles. The van der Waals surface area contributed by atoms with E-state index in [4.69, 9.17) is 4.74 Å². The van der Waals surface area contributed by atoms with Crippen molar-refractivity contribution >= 4 is 50.5 Å². The largest absolute Gasteiger partial charge is 0.462 e. The fraction of sp³-hybridized carbons (Fsp3) is 0.190. The summed E-state index contributed by atoms with van der Waals surface area (Å²) in [5.74, 6) is -0.587. The van der Waals surface area contributed by atoms with Crippen LogP contribution in [0.1, 0.15) is 39.4 Å². The summed E-state index contributed by atoms with van der Waals surface area (Å²) in [7, 11) is 0. The Kier molecular flexibility index (Phi) is 5.04. The zero-order chi connectivity index (χ0) is 21.4. The first-order valence-electron chi connectivity index (χ1n) is 9.25. The first-order valence-corrected chi connectivity index (χ1v) is 10.1. The third-order valence-electron chi connectivity index (χ3n) is 4.70. The molecule has 0 fully saturated rings. The Morgan fingerprint density at radius 3 is 2.80 bits per heavy atom. The maximum Gasteiger partial charge on any atom is 0.348 e. The van der Waals surface area contributed by atoms with Crippen LogP contribution in [-0.2, 0) is 4.74 Å². The van der Waals surface area contributed by atoms with Crippen molar-refractivity contribution in [1.82, 2.24) is 14.2 Å². The molecule has 1 aromatic carbocycles. The zero-order valence-corrected chi connectivity index (χ0v) is 17.4. The van der Waals surface area contributed by atoms with E-state index in [1.165, 1.54) is 24.0 Å². The Morgan fingerprint density at radius 1 is 1.30 bits per heavy atom. The van der Waals surface area contributed by atoms with Crippen molar-refractivity contribution in [2.75, 3.05) is 6.61 Å². The van der Waals surface area contributed by atoms with E-state index >= 15 is 0 Å². The highest BCUT2D eigenvalue weighted by Crippen LogP contribution is 2.27. The number of carbonyl (C=O) groups is 2. The summed E-state index contributed by atoms with van der Waals surface area (Å²) in [6.45, 7) is 5.16. The van der Waals surface area contributed by atoms with Crippen molar-refractivity contribution in [3.63, 3.8) is 0 Å². The molecule has 0 aliphatic rings. The van der Waals surface area contributed by atoms with Gasteiger partial charge in [0.05, 0.1) is 23.7 Å². The molecule has 9 heteroatoms. The van der Waals surface area contributed by atoms with Crippen LogP contribution >= 0.6 is 11.3 Å². The van der Waals surface area contributed by atoms with Crippen LogP contribution in [0.25, 0.3) is 21.1 Å². The quantitative estimate of drug-likeness (QED) is 0.371. The number of nitrogens with zero attached hydrogens (tertiary/aromatic N) is 4. The molecule has 0 aliphatic heterocycles. The molecule has 0 bridgehead atoms. The molecule has 0 unspecified atom stereocenters. The number of rotatable bonds is 4. The van der Waals surface area contributed by atoms with Gasteiger partial charge in [-0.3, -0.25) is 14.2 Å². The lowest BCUT2D eigenvalue weighted by atomic mass is 10.2. The van der Waals surface area contributed by atoms with E-state index in [9.17, 15) is 14.4 Å². The fourth-order valence-corrected chi connectivity index (χ4v) is 4.32. The van der Waals surface area contributed by atoms with Gasteiger partial charge >= 0.3 is 5.97 Å². The lowest BCUT2D eigenvalue weighted by Crippen LogP contribution is -2.17. The summed E-state index contributed by atoms with van der Waals surface area (Å²) in [6.07, 6.45) is 4.52. The van der Waals surface area contributed by atoms with Gasteiger partial charge in [0, 0.05) is 24.1 Å². The second-order valence-electron chi connectivity index (χ2n) is 6.59. The van der Waals surface area contributed by atoms with Crippen molar-refractivity contribution in [3.05, 3.63) is 63.1 Å². The first kappa shape index (κ1) is 19.7. The van der Waals surface area contributed by atoms with E-state index in [1.807, 2.05) is 24.3 Å². The molecule has 4 rings (SSSR count). The van der Waals surface area contributed by atoms with Gasteiger partial charge < -0.3 is 4.74 Å². The van der Waals surface area contributed by atoms with Crippen molar-refractivity contribution in [1.29, 1.82) is 0 Å². The highest BCUT2D eigenvalue weighted by atomic mass is 32.1. The molecule has 0 saturated heterocycles. The van der Waals surface area contributed by atoms with Gasteiger partial charge in [-0.1, -0.05) is 18.2 Å². The second-order valence-corrected chi connectivity index (χ2v) is 7.59. The number of hydrogen-bond donors (Lipinski definition) is 0. The number of thiophene rings is 1. The minimum absolute atomic E-state index is 0.119. The highest BCUT2D eigenvalue weighted by Gasteiger charge is 2.20. The maximum absolute atomic E-state index is 12.9. The summed E-state index contributed by atoms with van der Waals surface area (Å²) in [5, 5.41) is 5.44. The average molecular weight is 422 g/mol. The van der Waals surface area contributed by atoms with Gasteiger partial charge in [0.15, 0.2) is 0 Å². The molecule has 0 atom stereocenters. The van der Waals surface area contributed by atoms with Crippen LogP contribution in [0.3, 0.4) is 0 Å². The van der Waals surface area contributed by atoms with Crippen LogP contribution in [-0.4, -0.2) is 38.9 Å². The number of para-hydroxylation sites is 1. The Bertz CT molecular complexity index is 1390. The highest BCUT2D eigenvalue weighted by molar-refractivity contribution is 7.20. The van der Waals surface area contributed by atoms with E-state index in [0.717, 1.165) is 26.9 Å². The molecule has 0 N–H and O–H groups in total. The van der Waals surface area contributed by atoms with Gasteiger partial charge in [-0.05, 0) is 25.5 Å². The van der Waals surface area contributed by atoms with Crippen molar-refractivity contribution in [2.45, 2.75) is 20.8 Å². The maximum atomic E-state index is 12.9. The lowest BCUT2D eigenvalue weighted by Gasteiger charge is -1.99. The fourth-order valence-electron chi connectivity index (χ4n) is 3.28. The standard InChI is InChI=1S/C21H18N4O4S/c1-4-29-21(28)18-12(2)17-19(30-18)22-11-25(20(17)27)23-9-14-10-24(13(3)26)16-8-6-5-7-15(14)16/h5-11H,4H2,1-3H3/b23-9-. The van der Waals surface area contributed by atoms with Gasteiger partial charge in [0.25, 0.3) is 5.56 Å². The van der Waals surface area contributed by atoms with Crippen molar-refractivity contribution < 1.29 is 14.3 Å². The summed E-state index contributed by atoms with van der Waals surface area (Å²) >= 11 is 1.13. The normalized spacial score (nSPS) is 11.6. The van der Waals surface area contributed by atoms with Crippen LogP contribution in [0, 0.1) is 6.92 Å². The monoisotopic (exact) mass is 422 g/mol. The van der Waals surface area contributed by atoms with Gasteiger partial charge in [-0.25, -0.2) is 9.78 Å². The lowest BCUT2D eigenvalue weighted by molar-refractivity contribution is 0.0531. The van der Waals surface area contributed by atoms with Crippen LogP contribution in [0.15, 0.2) is 46.7 Å². The Labute approximate surface area is 175 Å². The molecule has 0 spiro atoms. The number of hydrogen-bond acceptors (Lipinski definition) is 7. The summed E-state index contributed by atoms with van der Waals surface area (Å²) in [6, 6.07) is 7.45. The predicted molar refractivity (Wildman–Crippen MR) is 116 cm³/mol. The minimum Gasteiger partial charge on any atom is -0.462 e. The van der Waals surface area contributed by atoms with Crippen LogP contribution in [0.5, 0.6) is 0 Å². The summed E-state index contributed by atoms with van der Waals surface area (Å²) < 4.78 is 7.71. The third-order valence-corrected chi connectivity index (χ3v) is 5.88. The van der Waals surface area contributed by atoms with Gasteiger partial charge in [-0.2, -0.15) is 9.78 Å². The SMILES string of the molecule is CCOC(=O)c1sc2ncn(/N=C\c3cn(C(C)=O)c4ccccc34)c(=O)c2c1C. The van der Waals surface area contributed by atoms with Crippen LogP contribution < -0.4 is 5.56 Å².